The van der Waals surface area contributed by atoms with Crippen molar-refractivity contribution >= 4 is 17.7 Å². The number of phenolic OH excluding ortho intramolecular Hbond substituents is 1. The maximum absolute atomic E-state index is 12.4. The maximum Gasteiger partial charge on any atom is 0.342 e. The average molecular weight is 407 g/mol. The van der Waals surface area contributed by atoms with Crippen molar-refractivity contribution in [1.82, 2.24) is 4.57 Å². The Labute approximate surface area is 173 Å². The summed E-state index contributed by atoms with van der Waals surface area (Å²) in [7, 11) is 0. The fourth-order valence-corrected chi connectivity index (χ4v) is 3.08. The average Bonchev–Trinajstić information content (AvgIpc) is 3.31. The second kappa shape index (κ2) is 8.57. The van der Waals surface area contributed by atoms with E-state index in [2.05, 4.69) is 11.4 Å². The number of amides is 1. The van der Waals surface area contributed by atoms with Gasteiger partial charge in [-0.2, -0.15) is 5.26 Å². The molecule has 0 aliphatic carbocycles. The summed E-state index contributed by atoms with van der Waals surface area (Å²) in [5, 5.41) is 22.0. The highest BCUT2D eigenvalue weighted by Gasteiger charge is 2.21. The minimum atomic E-state index is -0.815. The Hall–Kier alpha value is -3.99. The summed E-state index contributed by atoms with van der Waals surface area (Å²) >= 11 is 0. The number of aromatic hydroxyl groups is 1. The van der Waals surface area contributed by atoms with Crippen LogP contribution >= 0.6 is 0 Å². The number of carbonyl (C=O) groups excluding carboxylic acids is 2. The van der Waals surface area contributed by atoms with Crippen molar-refractivity contribution in [3.05, 3.63) is 70.3 Å². The number of hydrogen-bond donors (Lipinski definition) is 2. The SMILES string of the molecule is Cc1ccc(O)c(C(=O)OCC(=O)Nc2c(C#N)c(C)c(C)n2Cc2ccco2)c1. The largest absolute Gasteiger partial charge is 0.507 e. The van der Waals surface area contributed by atoms with Gasteiger partial charge in [0.25, 0.3) is 5.91 Å². The number of nitrogens with one attached hydrogen (secondary N) is 1. The van der Waals surface area contributed by atoms with E-state index in [0.29, 0.717) is 23.7 Å². The Morgan fingerprint density at radius 3 is 2.70 bits per heavy atom. The van der Waals surface area contributed by atoms with Crippen LogP contribution in [0.15, 0.2) is 41.0 Å². The van der Waals surface area contributed by atoms with Gasteiger partial charge in [-0.15, -0.1) is 0 Å². The van der Waals surface area contributed by atoms with Gasteiger partial charge in [0.05, 0.1) is 18.4 Å². The second-order valence-electron chi connectivity index (χ2n) is 6.86. The van der Waals surface area contributed by atoms with Crippen LogP contribution in [0.1, 0.15) is 38.5 Å². The molecule has 154 valence electrons. The van der Waals surface area contributed by atoms with Gasteiger partial charge >= 0.3 is 5.97 Å². The Morgan fingerprint density at radius 1 is 1.27 bits per heavy atom. The summed E-state index contributed by atoms with van der Waals surface area (Å²) in [6.07, 6.45) is 1.55. The van der Waals surface area contributed by atoms with Crippen LogP contribution in [0.5, 0.6) is 5.75 Å². The summed E-state index contributed by atoms with van der Waals surface area (Å²) in [6, 6.07) is 10.2. The first-order chi connectivity index (χ1) is 14.3. The molecule has 0 saturated heterocycles. The molecule has 0 spiro atoms. The number of aryl methyl sites for hydroxylation is 1. The number of carbonyl (C=O) groups is 2. The topological polar surface area (TPSA) is 117 Å². The van der Waals surface area contributed by atoms with Crippen LogP contribution < -0.4 is 5.32 Å². The molecule has 3 aromatic rings. The molecule has 30 heavy (non-hydrogen) atoms. The lowest BCUT2D eigenvalue weighted by molar-refractivity contribution is -0.119. The van der Waals surface area contributed by atoms with E-state index in [-0.39, 0.29) is 11.3 Å². The third-order valence-corrected chi connectivity index (χ3v) is 4.80. The van der Waals surface area contributed by atoms with Crippen molar-refractivity contribution in [1.29, 1.82) is 5.26 Å². The van der Waals surface area contributed by atoms with Crippen molar-refractivity contribution in [2.24, 2.45) is 0 Å². The first-order valence-electron chi connectivity index (χ1n) is 9.20. The summed E-state index contributed by atoms with van der Waals surface area (Å²) in [5.74, 6) is -0.676. The van der Waals surface area contributed by atoms with Crippen LogP contribution in [-0.2, 0) is 16.1 Å². The number of aromatic nitrogens is 1. The number of furan rings is 1. The van der Waals surface area contributed by atoms with E-state index in [9.17, 15) is 20.0 Å². The fraction of sp³-hybridized carbons (Fsp3) is 0.227. The Kier molecular flexibility index (Phi) is 5.93. The van der Waals surface area contributed by atoms with Crippen molar-refractivity contribution in [3.63, 3.8) is 0 Å². The number of benzene rings is 1. The van der Waals surface area contributed by atoms with Crippen LogP contribution in [0, 0.1) is 32.1 Å². The van der Waals surface area contributed by atoms with Crippen LogP contribution in [0.3, 0.4) is 0 Å². The number of nitriles is 1. The molecule has 2 aromatic heterocycles. The van der Waals surface area contributed by atoms with Gasteiger partial charge in [0.15, 0.2) is 6.61 Å². The third kappa shape index (κ3) is 4.20. The number of rotatable bonds is 6. The number of hydrogen-bond acceptors (Lipinski definition) is 6. The monoisotopic (exact) mass is 407 g/mol. The quantitative estimate of drug-likeness (QED) is 0.605. The standard InChI is InChI=1S/C22H21N3O5/c1-13-6-7-19(26)17(9-13)22(28)30-12-20(27)24-21-18(10-23)14(2)15(3)25(21)11-16-5-4-8-29-16/h4-9,26H,11-12H2,1-3H3,(H,24,27). The van der Waals surface area contributed by atoms with Crippen molar-refractivity contribution in [2.45, 2.75) is 27.3 Å². The molecular weight excluding hydrogens is 386 g/mol. The second-order valence-corrected chi connectivity index (χ2v) is 6.86. The molecule has 0 atom stereocenters. The van der Waals surface area contributed by atoms with Gasteiger partial charge in [0, 0.05) is 5.69 Å². The first-order valence-corrected chi connectivity index (χ1v) is 9.20. The number of ether oxygens (including phenoxy) is 1. The molecule has 0 fully saturated rings. The maximum atomic E-state index is 12.4. The zero-order chi connectivity index (χ0) is 21.8. The minimum Gasteiger partial charge on any atom is -0.507 e. The van der Waals surface area contributed by atoms with Crippen LogP contribution in [0.4, 0.5) is 5.82 Å². The molecule has 0 radical (unpaired) electrons. The molecule has 2 N–H and O–H groups in total. The Morgan fingerprint density at radius 2 is 2.03 bits per heavy atom. The number of nitrogens with zero attached hydrogens (tertiary/aromatic N) is 2. The van der Waals surface area contributed by atoms with E-state index in [1.165, 1.54) is 12.1 Å². The van der Waals surface area contributed by atoms with Gasteiger partial charge in [0.1, 0.15) is 29.0 Å². The number of anilines is 1. The van der Waals surface area contributed by atoms with E-state index >= 15 is 0 Å². The zero-order valence-corrected chi connectivity index (χ0v) is 16.9. The van der Waals surface area contributed by atoms with E-state index in [4.69, 9.17) is 9.15 Å². The molecule has 0 aliphatic rings. The normalized spacial score (nSPS) is 10.5. The lowest BCUT2D eigenvalue weighted by Crippen LogP contribution is -2.23. The van der Waals surface area contributed by atoms with Gasteiger partial charge in [-0.3, -0.25) is 4.79 Å². The summed E-state index contributed by atoms with van der Waals surface area (Å²) in [6.45, 7) is 5.16. The van der Waals surface area contributed by atoms with Gasteiger partial charge in [-0.25, -0.2) is 4.79 Å². The zero-order valence-electron chi connectivity index (χ0n) is 16.9. The molecule has 8 heteroatoms. The van der Waals surface area contributed by atoms with Crippen LogP contribution in [0.25, 0.3) is 0 Å². The van der Waals surface area contributed by atoms with Crippen molar-refractivity contribution in [3.8, 4) is 11.8 Å². The molecule has 2 heterocycles. The number of phenols is 1. The smallest absolute Gasteiger partial charge is 0.342 e. The van der Waals surface area contributed by atoms with E-state index in [0.717, 1.165) is 16.8 Å². The Bertz CT molecular complexity index is 1140. The molecule has 0 unspecified atom stereocenters. The Balaban J connectivity index is 1.76. The molecule has 1 aromatic carbocycles. The van der Waals surface area contributed by atoms with Gasteiger partial charge in [0.2, 0.25) is 0 Å². The highest BCUT2D eigenvalue weighted by Crippen LogP contribution is 2.27. The summed E-state index contributed by atoms with van der Waals surface area (Å²) < 4.78 is 12.2. The predicted octanol–water partition coefficient (Wildman–Crippen LogP) is 3.43. The lowest BCUT2D eigenvalue weighted by Gasteiger charge is -2.12. The van der Waals surface area contributed by atoms with Gasteiger partial charge in [-0.1, -0.05) is 11.6 Å². The summed E-state index contributed by atoms with van der Waals surface area (Å²) in [5.41, 5.74) is 2.62. The van der Waals surface area contributed by atoms with Crippen molar-refractivity contribution in [2.75, 3.05) is 11.9 Å². The highest BCUT2D eigenvalue weighted by atomic mass is 16.5. The predicted molar refractivity (Wildman–Crippen MR) is 108 cm³/mol. The van der Waals surface area contributed by atoms with Gasteiger partial charge < -0.3 is 24.1 Å². The van der Waals surface area contributed by atoms with E-state index in [1.54, 1.807) is 42.9 Å². The molecule has 0 saturated carbocycles. The lowest BCUT2D eigenvalue weighted by atomic mass is 10.1. The fourth-order valence-electron chi connectivity index (χ4n) is 3.08. The molecule has 1 amide bonds. The molecule has 0 bridgehead atoms. The molecule has 3 rings (SSSR count). The van der Waals surface area contributed by atoms with Gasteiger partial charge in [-0.05, 0) is 50.6 Å². The van der Waals surface area contributed by atoms with Crippen LogP contribution in [-0.4, -0.2) is 28.2 Å². The number of esters is 1. The first kappa shape index (κ1) is 20.7. The van der Waals surface area contributed by atoms with E-state index in [1.807, 2.05) is 6.92 Å². The van der Waals surface area contributed by atoms with Crippen molar-refractivity contribution < 1.29 is 23.8 Å². The van der Waals surface area contributed by atoms with E-state index < -0.39 is 18.5 Å². The molecule has 8 nitrogen and oxygen atoms in total. The minimum absolute atomic E-state index is 0.0200. The molecule has 0 aliphatic heterocycles. The highest BCUT2D eigenvalue weighted by molar-refractivity contribution is 5.97. The van der Waals surface area contributed by atoms with Crippen LogP contribution in [0.2, 0.25) is 0 Å². The third-order valence-electron chi connectivity index (χ3n) is 4.80. The summed E-state index contributed by atoms with van der Waals surface area (Å²) in [4.78, 5) is 24.6. The molecular formula is C22H21N3O5.